The quantitative estimate of drug-likeness (QED) is 0.319. The molecule has 1 heterocycles. The summed E-state index contributed by atoms with van der Waals surface area (Å²) in [7, 11) is 1.04. The highest BCUT2D eigenvalue weighted by Crippen LogP contribution is 2.38. The molecule has 1 aromatic carbocycles. The summed E-state index contributed by atoms with van der Waals surface area (Å²) in [5.41, 5.74) is -4.28. The number of terminal acetylenes is 1. The minimum absolute atomic E-state index is 0.00860. The van der Waals surface area contributed by atoms with Crippen LogP contribution >= 0.6 is 0 Å². The van der Waals surface area contributed by atoms with Crippen molar-refractivity contribution in [3.8, 4) is 12.3 Å². The Morgan fingerprint density at radius 2 is 1.60 bits per heavy atom. The van der Waals surface area contributed by atoms with E-state index in [0.717, 1.165) is 12.0 Å². The largest absolute Gasteiger partial charge is 0.453 e. The van der Waals surface area contributed by atoms with Crippen molar-refractivity contribution in [2.45, 2.75) is 102 Å². The number of amides is 2. The van der Waals surface area contributed by atoms with Crippen LogP contribution in [0.3, 0.4) is 0 Å². The third-order valence-electron chi connectivity index (χ3n) is 6.49. The maximum atomic E-state index is 13.4. The van der Waals surface area contributed by atoms with Crippen molar-refractivity contribution in [1.29, 1.82) is 0 Å². The van der Waals surface area contributed by atoms with Gasteiger partial charge in [-0.15, -0.1) is 6.42 Å². The van der Waals surface area contributed by atoms with E-state index in [1.54, 1.807) is 27.7 Å². The van der Waals surface area contributed by atoms with Gasteiger partial charge in [0.25, 0.3) is 0 Å². The Labute approximate surface area is 229 Å². The summed E-state index contributed by atoms with van der Waals surface area (Å²) >= 11 is 0. The number of carbonyl (C=O) groups is 2. The van der Waals surface area contributed by atoms with E-state index < -0.39 is 77.6 Å². The van der Waals surface area contributed by atoms with Crippen molar-refractivity contribution in [1.82, 2.24) is 9.80 Å². The Hall–Kier alpha value is -3.14. The first-order valence-corrected chi connectivity index (χ1v) is 12.6. The lowest BCUT2D eigenvalue weighted by Gasteiger charge is -2.48. The standard InChI is InChI=1S/C27H34F6N2O5/c1-7-19-12-20(13-21(14-22(36)8-2)35(19)24(38)40-25(3,4)5)34(23(37)39-6)15-16-9-17(26(28,29)30)11-18(10-16)27(31,32)33/h2,9-11,19-22,36H,7,12-15H2,1,3-6H3/t19-,20+,21-,22?/m1/s1. The lowest BCUT2D eigenvalue weighted by Crippen LogP contribution is -2.58. The number of aliphatic hydroxyl groups is 1. The monoisotopic (exact) mass is 580 g/mol. The van der Waals surface area contributed by atoms with Crippen molar-refractivity contribution in [3.05, 3.63) is 34.9 Å². The van der Waals surface area contributed by atoms with E-state index in [1.807, 2.05) is 0 Å². The van der Waals surface area contributed by atoms with Gasteiger partial charge in [-0.3, -0.25) is 0 Å². The van der Waals surface area contributed by atoms with Gasteiger partial charge in [-0.1, -0.05) is 12.8 Å². The Bertz CT molecular complexity index is 1060. The fraction of sp³-hybridized carbons (Fsp3) is 0.630. The molecule has 4 atom stereocenters. The van der Waals surface area contributed by atoms with Crippen LogP contribution in [0, 0.1) is 12.3 Å². The highest BCUT2D eigenvalue weighted by atomic mass is 19.4. The number of nitrogens with zero attached hydrogens (tertiary/aromatic N) is 2. The van der Waals surface area contributed by atoms with Crippen molar-refractivity contribution in [3.63, 3.8) is 0 Å². The zero-order valence-corrected chi connectivity index (χ0v) is 22.9. The minimum Gasteiger partial charge on any atom is -0.453 e. The van der Waals surface area contributed by atoms with Crippen LogP contribution in [-0.4, -0.2) is 64.0 Å². The maximum absolute atomic E-state index is 13.4. The van der Waals surface area contributed by atoms with Crippen LogP contribution in [0.2, 0.25) is 0 Å². The highest BCUT2D eigenvalue weighted by Gasteiger charge is 2.44. The number of ether oxygens (including phenoxy) is 2. The number of hydrogen-bond acceptors (Lipinski definition) is 5. The molecule has 1 N–H and O–H groups in total. The van der Waals surface area contributed by atoms with Gasteiger partial charge >= 0.3 is 24.5 Å². The van der Waals surface area contributed by atoms with Gasteiger partial charge in [0, 0.05) is 31.1 Å². The molecule has 0 spiro atoms. The molecular formula is C27H34F6N2O5. The molecule has 0 radical (unpaired) electrons. The van der Waals surface area contributed by atoms with Crippen molar-refractivity contribution in [2.75, 3.05) is 7.11 Å². The zero-order valence-electron chi connectivity index (χ0n) is 22.9. The van der Waals surface area contributed by atoms with Crippen LogP contribution in [0.4, 0.5) is 35.9 Å². The first-order valence-electron chi connectivity index (χ1n) is 12.6. The molecule has 0 bridgehead atoms. The molecular weight excluding hydrogens is 546 g/mol. The van der Waals surface area contributed by atoms with E-state index in [4.69, 9.17) is 15.9 Å². The third kappa shape index (κ3) is 8.68. The molecule has 1 aliphatic rings. The molecule has 40 heavy (non-hydrogen) atoms. The van der Waals surface area contributed by atoms with Gasteiger partial charge in [0.05, 0.1) is 18.2 Å². The molecule has 0 aromatic heterocycles. The van der Waals surface area contributed by atoms with Gasteiger partial charge in [0.15, 0.2) is 0 Å². The van der Waals surface area contributed by atoms with Crippen molar-refractivity contribution < 1.29 is 50.5 Å². The third-order valence-corrected chi connectivity index (χ3v) is 6.49. The van der Waals surface area contributed by atoms with Crippen LogP contribution < -0.4 is 0 Å². The normalized spacial score (nSPS) is 20.9. The predicted molar refractivity (Wildman–Crippen MR) is 133 cm³/mol. The Balaban J connectivity index is 2.53. The summed E-state index contributed by atoms with van der Waals surface area (Å²) in [6.07, 6.45) is -7.30. The number of carbonyl (C=O) groups excluding carboxylic acids is 2. The molecule has 1 unspecified atom stereocenters. The zero-order chi connectivity index (χ0) is 30.6. The van der Waals surface area contributed by atoms with Crippen LogP contribution in [0.5, 0.6) is 0 Å². The number of hydrogen-bond donors (Lipinski definition) is 1. The van der Waals surface area contributed by atoms with Gasteiger partial charge in [0.1, 0.15) is 11.7 Å². The number of methoxy groups -OCH3 is 1. The fourth-order valence-electron chi connectivity index (χ4n) is 4.78. The second kappa shape index (κ2) is 12.6. The summed E-state index contributed by atoms with van der Waals surface area (Å²) in [4.78, 5) is 28.4. The Morgan fingerprint density at radius 3 is 2.02 bits per heavy atom. The van der Waals surface area contributed by atoms with Gasteiger partial charge in [-0.25, -0.2) is 9.59 Å². The first-order chi connectivity index (χ1) is 18.3. The smallest absolute Gasteiger partial charge is 0.416 e. The van der Waals surface area contributed by atoms with Gasteiger partial charge < -0.3 is 24.4 Å². The van der Waals surface area contributed by atoms with Crippen molar-refractivity contribution in [2.24, 2.45) is 0 Å². The van der Waals surface area contributed by atoms with E-state index in [-0.39, 0.29) is 25.3 Å². The second-order valence-electron chi connectivity index (χ2n) is 10.7. The second-order valence-corrected chi connectivity index (χ2v) is 10.7. The maximum Gasteiger partial charge on any atom is 0.416 e. The van der Waals surface area contributed by atoms with Crippen LogP contribution in [-0.2, 0) is 28.4 Å². The summed E-state index contributed by atoms with van der Waals surface area (Å²) < 4.78 is 91.0. The molecule has 1 fully saturated rings. The summed E-state index contributed by atoms with van der Waals surface area (Å²) in [6.45, 7) is 6.16. The summed E-state index contributed by atoms with van der Waals surface area (Å²) in [5.74, 6) is 2.17. The number of halogens is 6. The number of piperidine rings is 1. The average Bonchev–Trinajstić information content (AvgIpc) is 2.83. The summed E-state index contributed by atoms with van der Waals surface area (Å²) in [5, 5.41) is 10.2. The minimum atomic E-state index is -5.06. The predicted octanol–water partition coefficient (Wildman–Crippen LogP) is 6.22. The molecule has 13 heteroatoms. The fourth-order valence-corrected chi connectivity index (χ4v) is 4.78. The molecule has 2 amide bonds. The van der Waals surface area contributed by atoms with Crippen LogP contribution in [0.25, 0.3) is 0 Å². The number of benzene rings is 1. The Morgan fingerprint density at radius 1 is 1.07 bits per heavy atom. The molecule has 7 nitrogen and oxygen atoms in total. The van der Waals surface area contributed by atoms with E-state index in [2.05, 4.69) is 5.92 Å². The van der Waals surface area contributed by atoms with E-state index >= 15 is 0 Å². The number of rotatable bonds is 6. The van der Waals surface area contributed by atoms with Crippen LogP contribution in [0.15, 0.2) is 18.2 Å². The summed E-state index contributed by atoms with van der Waals surface area (Å²) in [6, 6.07) is -0.979. The van der Waals surface area contributed by atoms with E-state index in [1.165, 1.54) is 4.90 Å². The number of likely N-dealkylation sites (tertiary alicyclic amines) is 1. The Kier molecular flexibility index (Phi) is 10.4. The van der Waals surface area contributed by atoms with E-state index in [0.29, 0.717) is 18.6 Å². The van der Waals surface area contributed by atoms with Gasteiger partial charge in [-0.2, -0.15) is 26.3 Å². The highest BCUT2D eigenvalue weighted by molar-refractivity contribution is 5.70. The van der Waals surface area contributed by atoms with Crippen LogP contribution in [0.1, 0.15) is 70.1 Å². The van der Waals surface area contributed by atoms with Gasteiger partial charge in [-0.05, 0) is 63.8 Å². The molecule has 2 rings (SSSR count). The SMILES string of the molecule is C#CC(O)C[C@H]1C[C@@H](N(Cc2cc(C(F)(F)F)cc(C(F)(F)F)c2)C(=O)OC)C[C@@H](CC)N1C(=O)OC(C)(C)C. The van der Waals surface area contributed by atoms with E-state index in [9.17, 15) is 41.0 Å². The first kappa shape index (κ1) is 33.1. The number of alkyl halides is 6. The molecule has 224 valence electrons. The molecule has 1 aliphatic heterocycles. The average molecular weight is 581 g/mol. The molecule has 1 aromatic rings. The number of aliphatic hydroxyl groups excluding tert-OH is 1. The van der Waals surface area contributed by atoms with Gasteiger partial charge in [0.2, 0.25) is 0 Å². The van der Waals surface area contributed by atoms with Crippen molar-refractivity contribution >= 4 is 12.2 Å². The lowest BCUT2D eigenvalue weighted by molar-refractivity contribution is -0.143. The molecule has 1 saturated heterocycles. The lowest BCUT2D eigenvalue weighted by atomic mass is 9.86. The molecule has 0 saturated carbocycles. The topological polar surface area (TPSA) is 79.3 Å². The molecule has 0 aliphatic carbocycles.